The van der Waals surface area contributed by atoms with E-state index in [1.807, 2.05) is 0 Å². The largest absolute Gasteiger partial charge is 0.454 e. The van der Waals surface area contributed by atoms with Crippen LogP contribution in [0.2, 0.25) is 0 Å². The van der Waals surface area contributed by atoms with E-state index >= 15 is 0 Å². The summed E-state index contributed by atoms with van der Waals surface area (Å²) in [4.78, 5) is 0. The van der Waals surface area contributed by atoms with Crippen LogP contribution in [0.1, 0.15) is 0 Å². The van der Waals surface area contributed by atoms with Crippen molar-refractivity contribution >= 4 is 75.7 Å². The zero-order valence-electron chi connectivity index (χ0n) is 21.5. The van der Waals surface area contributed by atoms with Crippen LogP contribution >= 0.6 is 11.3 Å². The van der Waals surface area contributed by atoms with E-state index in [2.05, 4.69) is 133 Å². The SMILES string of the molecule is c1ccc2cc(-c3c4ccccc4c(-c4cccc5c4oc4c5ccc5ccsc54)c4ccccc34)ccc2c1. The normalized spacial score (nSPS) is 12.0. The van der Waals surface area contributed by atoms with E-state index in [1.165, 1.54) is 64.5 Å². The Morgan fingerprint density at radius 2 is 1.05 bits per heavy atom. The summed E-state index contributed by atoms with van der Waals surface area (Å²) in [6.45, 7) is 0. The van der Waals surface area contributed by atoms with Gasteiger partial charge in [0.25, 0.3) is 0 Å². The van der Waals surface area contributed by atoms with Gasteiger partial charge >= 0.3 is 0 Å². The number of fused-ring (bicyclic) bond motifs is 8. The maximum absolute atomic E-state index is 6.78. The Labute approximate surface area is 234 Å². The highest BCUT2D eigenvalue weighted by Gasteiger charge is 2.20. The Bertz CT molecular complexity index is 2380. The molecular formula is C38H22OS. The van der Waals surface area contributed by atoms with Crippen LogP contribution in [0.25, 0.3) is 86.6 Å². The van der Waals surface area contributed by atoms with Gasteiger partial charge in [0.2, 0.25) is 0 Å². The summed E-state index contributed by atoms with van der Waals surface area (Å²) in [5.74, 6) is 0. The molecule has 0 spiro atoms. The first-order valence-electron chi connectivity index (χ1n) is 13.6. The van der Waals surface area contributed by atoms with Gasteiger partial charge in [-0.15, -0.1) is 11.3 Å². The van der Waals surface area contributed by atoms with Crippen LogP contribution in [0.3, 0.4) is 0 Å². The van der Waals surface area contributed by atoms with Crippen LogP contribution in [-0.4, -0.2) is 0 Å². The second kappa shape index (κ2) is 8.29. The lowest BCUT2D eigenvalue weighted by Crippen LogP contribution is -1.91. The van der Waals surface area contributed by atoms with Gasteiger partial charge < -0.3 is 4.42 Å². The molecule has 40 heavy (non-hydrogen) atoms. The van der Waals surface area contributed by atoms with Gasteiger partial charge in [-0.1, -0.05) is 109 Å². The molecule has 7 aromatic carbocycles. The van der Waals surface area contributed by atoms with Crippen LogP contribution < -0.4 is 0 Å². The summed E-state index contributed by atoms with van der Waals surface area (Å²) >= 11 is 1.75. The van der Waals surface area contributed by atoms with Crippen molar-refractivity contribution in [1.82, 2.24) is 0 Å². The number of para-hydroxylation sites is 1. The average Bonchev–Trinajstić information content (AvgIpc) is 3.64. The number of furan rings is 1. The number of thiophene rings is 1. The van der Waals surface area contributed by atoms with Gasteiger partial charge in [0.1, 0.15) is 5.58 Å². The molecule has 0 amide bonds. The van der Waals surface area contributed by atoms with Crippen LogP contribution in [0, 0.1) is 0 Å². The van der Waals surface area contributed by atoms with Crippen LogP contribution in [-0.2, 0) is 0 Å². The lowest BCUT2D eigenvalue weighted by molar-refractivity contribution is 0.674. The highest BCUT2D eigenvalue weighted by atomic mass is 32.1. The molecule has 186 valence electrons. The van der Waals surface area contributed by atoms with E-state index in [4.69, 9.17) is 4.42 Å². The quantitative estimate of drug-likeness (QED) is 0.204. The Hall–Kier alpha value is -4.92. The zero-order valence-corrected chi connectivity index (χ0v) is 22.3. The zero-order chi connectivity index (χ0) is 26.2. The molecule has 9 rings (SSSR count). The molecule has 1 nitrogen and oxygen atoms in total. The molecule has 0 aliphatic carbocycles. The lowest BCUT2D eigenvalue weighted by Gasteiger charge is -2.18. The van der Waals surface area contributed by atoms with E-state index < -0.39 is 0 Å². The van der Waals surface area contributed by atoms with Crippen molar-refractivity contribution in [2.75, 3.05) is 0 Å². The van der Waals surface area contributed by atoms with Gasteiger partial charge in [0.05, 0.1) is 4.70 Å². The molecule has 2 aromatic heterocycles. The number of hydrogen-bond acceptors (Lipinski definition) is 2. The molecule has 9 aromatic rings. The van der Waals surface area contributed by atoms with Gasteiger partial charge in [-0.05, 0) is 72.4 Å². The summed E-state index contributed by atoms with van der Waals surface area (Å²) in [6.07, 6.45) is 0. The summed E-state index contributed by atoms with van der Waals surface area (Å²) in [6, 6.07) is 46.3. The summed E-state index contributed by atoms with van der Waals surface area (Å²) in [5, 5.41) is 13.2. The summed E-state index contributed by atoms with van der Waals surface area (Å²) in [7, 11) is 0. The smallest absolute Gasteiger partial charge is 0.153 e. The number of hydrogen-bond donors (Lipinski definition) is 0. The number of benzene rings is 7. The third-order valence-corrected chi connectivity index (χ3v) is 9.25. The van der Waals surface area contributed by atoms with Gasteiger partial charge in [0, 0.05) is 21.9 Å². The van der Waals surface area contributed by atoms with Crippen LogP contribution in [0.4, 0.5) is 0 Å². The predicted octanol–water partition coefficient (Wildman–Crippen LogP) is 11.6. The summed E-state index contributed by atoms with van der Waals surface area (Å²) < 4.78 is 7.99. The summed E-state index contributed by atoms with van der Waals surface area (Å²) in [5.41, 5.74) is 6.81. The van der Waals surface area contributed by atoms with Crippen molar-refractivity contribution in [2.24, 2.45) is 0 Å². The van der Waals surface area contributed by atoms with Crippen molar-refractivity contribution in [1.29, 1.82) is 0 Å². The van der Waals surface area contributed by atoms with Crippen LogP contribution in [0.5, 0.6) is 0 Å². The first-order chi connectivity index (χ1) is 19.8. The highest BCUT2D eigenvalue weighted by Crippen LogP contribution is 2.47. The van der Waals surface area contributed by atoms with E-state index in [-0.39, 0.29) is 0 Å². The van der Waals surface area contributed by atoms with Crippen molar-refractivity contribution in [3.63, 3.8) is 0 Å². The first-order valence-corrected chi connectivity index (χ1v) is 14.5. The van der Waals surface area contributed by atoms with Gasteiger partial charge in [-0.25, -0.2) is 0 Å². The number of rotatable bonds is 2. The average molecular weight is 527 g/mol. The standard InChI is InChI=1S/C38H22OS/c1-2-9-25-22-26(17-16-23(25)8-1)34-27-10-3-5-12-29(27)35(30-13-6-4-11-28(30)34)33-15-7-14-31-32-19-18-24-20-21-40-38(24)37(32)39-36(31)33/h1-22H. The first kappa shape index (κ1) is 22.0. The molecule has 0 bridgehead atoms. The molecule has 0 atom stereocenters. The predicted molar refractivity (Wildman–Crippen MR) is 172 cm³/mol. The molecule has 2 heterocycles. The second-order valence-corrected chi connectivity index (χ2v) is 11.4. The molecule has 0 saturated heterocycles. The Morgan fingerprint density at radius 1 is 0.425 bits per heavy atom. The molecular weight excluding hydrogens is 504 g/mol. The minimum absolute atomic E-state index is 0.951. The lowest BCUT2D eigenvalue weighted by atomic mass is 9.85. The van der Waals surface area contributed by atoms with Crippen molar-refractivity contribution in [3.8, 4) is 22.3 Å². The molecule has 0 radical (unpaired) electrons. The molecule has 0 fully saturated rings. The molecule has 0 aliphatic heterocycles. The monoisotopic (exact) mass is 526 g/mol. The molecule has 2 heteroatoms. The van der Waals surface area contributed by atoms with E-state index in [9.17, 15) is 0 Å². The van der Waals surface area contributed by atoms with Crippen molar-refractivity contribution in [3.05, 3.63) is 133 Å². The van der Waals surface area contributed by atoms with Crippen molar-refractivity contribution in [2.45, 2.75) is 0 Å². The maximum atomic E-state index is 6.78. The Balaban J connectivity index is 1.43. The molecule has 0 saturated carbocycles. The van der Waals surface area contributed by atoms with E-state index in [1.54, 1.807) is 11.3 Å². The fourth-order valence-corrected chi connectivity index (χ4v) is 7.43. The van der Waals surface area contributed by atoms with Gasteiger partial charge in [-0.3, -0.25) is 0 Å². The third kappa shape index (κ3) is 3.03. The van der Waals surface area contributed by atoms with Gasteiger partial charge in [-0.2, -0.15) is 0 Å². The van der Waals surface area contributed by atoms with E-state index in [0.717, 1.165) is 22.1 Å². The Kier molecular flexibility index (Phi) is 4.55. The second-order valence-electron chi connectivity index (χ2n) is 10.5. The minimum atomic E-state index is 0.951. The van der Waals surface area contributed by atoms with Crippen molar-refractivity contribution < 1.29 is 4.42 Å². The molecule has 0 N–H and O–H groups in total. The molecule has 0 unspecified atom stereocenters. The topological polar surface area (TPSA) is 13.1 Å². The van der Waals surface area contributed by atoms with Gasteiger partial charge in [0.15, 0.2) is 5.58 Å². The highest BCUT2D eigenvalue weighted by molar-refractivity contribution is 7.18. The fourth-order valence-electron chi connectivity index (χ4n) is 6.55. The fraction of sp³-hybridized carbons (Fsp3) is 0. The minimum Gasteiger partial charge on any atom is -0.454 e. The third-order valence-electron chi connectivity index (χ3n) is 8.32. The molecule has 0 aliphatic rings. The Morgan fingerprint density at radius 3 is 1.82 bits per heavy atom. The van der Waals surface area contributed by atoms with Crippen LogP contribution in [0.15, 0.2) is 137 Å². The maximum Gasteiger partial charge on any atom is 0.153 e. The van der Waals surface area contributed by atoms with E-state index in [0.29, 0.717) is 0 Å².